The van der Waals surface area contributed by atoms with Crippen LogP contribution in [0.5, 0.6) is 0 Å². The molecule has 0 saturated carbocycles. The largest absolute Gasteiger partial charge is 0.477 e. The summed E-state index contributed by atoms with van der Waals surface area (Å²) in [6, 6.07) is 5.02. The Morgan fingerprint density at radius 2 is 2.21 bits per heavy atom. The van der Waals surface area contributed by atoms with E-state index in [2.05, 4.69) is 10.1 Å². The highest BCUT2D eigenvalue weighted by Crippen LogP contribution is 2.19. The van der Waals surface area contributed by atoms with E-state index >= 15 is 0 Å². The van der Waals surface area contributed by atoms with Gasteiger partial charge in [-0.25, -0.2) is 9.78 Å². The number of nitrogens with zero attached hydrogens (tertiary/aromatic N) is 4. The highest BCUT2D eigenvalue weighted by molar-refractivity contribution is 5.86. The summed E-state index contributed by atoms with van der Waals surface area (Å²) in [5.41, 5.74) is 2.40. The minimum atomic E-state index is -0.973. The van der Waals surface area contributed by atoms with Crippen LogP contribution in [0, 0.1) is 0 Å². The summed E-state index contributed by atoms with van der Waals surface area (Å²) in [5.74, 6) is -0.973. The standard InChI is InChI=1S/C13H12N4O2/c1-2-16-7-9(6-14-16)10-8-17-11(13(18)19)4-3-5-12(17)15-10/h3-8H,2H2,1H3,(H,18,19). The number of fused-ring (bicyclic) bond motifs is 1. The first-order chi connectivity index (χ1) is 9.19. The van der Waals surface area contributed by atoms with Crippen molar-refractivity contribution in [3.8, 4) is 11.3 Å². The van der Waals surface area contributed by atoms with Gasteiger partial charge in [0, 0.05) is 24.5 Å². The summed E-state index contributed by atoms with van der Waals surface area (Å²) in [5, 5.41) is 13.3. The lowest BCUT2D eigenvalue weighted by molar-refractivity contribution is 0.0689. The van der Waals surface area contributed by atoms with Crippen molar-refractivity contribution >= 4 is 11.6 Å². The van der Waals surface area contributed by atoms with E-state index in [1.807, 2.05) is 13.1 Å². The predicted molar refractivity (Wildman–Crippen MR) is 69.0 cm³/mol. The van der Waals surface area contributed by atoms with E-state index in [0.717, 1.165) is 12.1 Å². The molecule has 0 bridgehead atoms. The number of carbonyl (C=O) groups is 1. The van der Waals surface area contributed by atoms with Gasteiger partial charge < -0.3 is 5.11 Å². The van der Waals surface area contributed by atoms with E-state index in [1.165, 1.54) is 0 Å². The zero-order valence-electron chi connectivity index (χ0n) is 10.3. The average molecular weight is 256 g/mol. The molecule has 0 aromatic carbocycles. The molecule has 6 heteroatoms. The fourth-order valence-electron chi connectivity index (χ4n) is 1.99. The second-order valence-electron chi connectivity index (χ2n) is 4.16. The molecule has 0 unspecified atom stereocenters. The quantitative estimate of drug-likeness (QED) is 0.777. The van der Waals surface area contributed by atoms with Crippen molar-refractivity contribution in [1.29, 1.82) is 0 Å². The lowest BCUT2D eigenvalue weighted by Gasteiger charge is -1.97. The van der Waals surface area contributed by atoms with Gasteiger partial charge in [-0.3, -0.25) is 9.08 Å². The maximum atomic E-state index is 11.1. The highest BCUT2D eigenvalue weighted by Gasteiger charge is 2.12. The molecule has 6 nitrogen and oxygen atoms in total. The third-order valence-electron chi connectivity index (χ3n) is 2.96. The van der Waals surface area contributed by atoms with Gasteiger partial charge >= 0.3 is 5.97 Å². The van der Waals surface area contributed by atoms with Crippen LogP contribution in [-0.4, -0.2) is 30.2 Å². The zero-order valence-corrected chi connectivity index (χ0v) is 10.3. The van der Waals surface area contributed by atoms with Gasteiger partial charge in [0.05, 0.1) is 11.9 Å². The number of carboxylic acids is 1. The Morgan fingerprint density at radius 3 is 2.89 bits per heavy atom. The van der Waals surface area contributed by atoms with Gasteiger partial charge in [0.1, 0.15) is 11.3 Å². The van der Waals surface area contributed by atoms with Crippen LogP contribution in [0.4, 0.5) is 0 Å². The van der Waals surface area contributed by atoms with Gasteiger partial charge in [-0.2, -0.15) is 5.10 Å². The topological polar surface area (TPSA) is 72.4 Å². The first kappa shape index (κ1) is 11.5. The number of aryl methyl sites for hydroxylation is 1. The minimum Gasteiger partial charge on any atom is -0.477 e. The van der Waals surface area contributed by atoms with E-state index in [-0.39, 0.29) is 5.69 Å². The van der Waals surface area contributed by atoms with Crippen molar-refractivity contribution in [1.82, 2.24) is 19.2 Å². The molecular weight excluding hydrogens is 244 g/mol. The van der Waals surface area contributed by atoms with Crippen molar-refractivity contribution in [3.63, 3.8) is 0 Å². The summed E-state index contributed by atoms with van der Waals surface area (Å²) in [6.45, 7) is 2.79. The molecule has 1 N–H and O–H groups in total. The van der Waals surface area contributed by atoms with Crippen LogP contribution in [0.2, 0.25) is 0 Å². The zero-order chi connectivity index (χ0) is 13.4. The summed E-state index contributed by atoms with van der Waals surface area (Å²) >= 11 is 0. The maximum Gasteiger partial charge on any atom is 0.352 e. The molecule has 0 spiro atoms. The normalized spacial score (nSPS) is 11.0. The molecule has 3 rings (SSSR count). The Bertz CT molecular complexity index is 757. The number of pyridine rings is 1. The van der Waals surface area contributed by atoms with Crippen molar-refractivity contribution in [3.05, 3.63) is 42.5 Å². The molecule has 0 aliphatic rings. The first-order valence-corrected chi connectivity index (χ1v) is 5.93. The summed E-state index contributed by atoms with van der Waals surface area (Å²) in [7, 11) is 0. The van der Waals surface area contributed by atoms with Gasteiger partial charge in [-0.15, -0.1) is 0 Å². The molecule has 0 fully saturated rings. The van der Waals surface area contributed by atoms with Crippen LogP contribution in [0.3, 0.4) is 0 Å². The molecule has 0 amide bonds. The number of aromatic carboxylic acids is 1. The van der Waals surface area contributed by atoms with Crippen molar-refractivity contribution in [2.75, 3.05) is 0 Å². The molecule has 0 radical (unpaired) electrons. The number of imidazole rings is 1. The van der Waals surface area contributed by atoms with Gasteiger partial charge in [-0.05, 0) is 19.1 Å². The van der Waals surface area contributed by atoms with Crippen molar-refractivity contribution in [2.45, 2.75) is 13.5 Å². The monoisotopic (exact) mass is 256 g/mol. The fraction of sp³-hybridized carbons (Fsp3) is 0.154. The lowest BCUT2D eigenvalue weighted by Crippen LogP contribution is -2.03. The SMILES string of the molecule is CCn1cc(-c2cn3c(C(=O)O)cccc3n2)cn1. The molecule has 3 aromatic rings. The molecule has 0 saturated heterocycles. The van der Waals surface area contributed by atoms with Crippen LogP contribution < -0.4 is 0 Å². The number of hydrogen-bond donors (Lipinski definition) is 1. The number of rotatable bonds is 3. The Labute approximate surface area is 108 Å². The van der Waals surface area contributed by atoms with Gasteiger partial charge in [0.25, 0.3) is 0 Å². The third-order valence-corrected chi connectivity index (χ3v) is 2.96. The van der Waals surface area contributed by atoms with Gasteiger partial charge in [0.15, 0.2) is 0 Å². The number of aromatic nitrogens is 4. The lowest BCUT2D eigenvalue weighted by atomic mass is 10.3. The van der Waals surface area contributed by atoms with Crippen molar-refractivity contribution < 1.29 is 9.90 Å². The van der Waals surface area contributed by atoms with Crippen LogP contribution in [0.15, 0.2) is 36.8 Å². The molecule has 0 atom stereocenters. The Morgan fingerprint density at radius 1 is 1.37 bits per heavy atom. The van der Waals surface area contributed by atoms with Gasteiger partial charge in [-0.1, -0.05) is 6.07 Å². The molecule has 19 heavy (non-hydrogen) atoms. The predicted octanol–water partition coefficient (Wildman–Crippen LogP) is 1.92. The Balaban J connectivity index is 2.16. The molecule has 3 aromatic heterocycles. The Hall–Kier alpha value is -2.63. The summed E-state index contributed by atoms with van der Waals surface area (Å²) in [6.07, 6.45) is 5.34. The van der Waals surface area contributed by atoms with Crippen LogP contribution in [0.1, 0.15) is 17.4 Å². The number of hydrogen-bond acceptors (Lipinski definition) is 3. The maximum absolute atomic E-state index is 11.1. The molecule has 0 aliphatic carbocycles. The molecular formula is C13H12N4O2. The van der Waals surface area contributed by atoms with E-state index in [9.17, 15) is 4.79 Å². The average Bonchev–Trinajstić information content (AvgIpc) is 3.03. The number of carboxylic acid groups (broad SMARTS) is 1. The summed E-state index contributed by atoms with van der Waals surface area (Å²) < 4.78 is 3.37. The van der Waals surface area contributed by atoms with Crippen LogP contribution in [0.25, 0.3) is 16.9 Å². The molecule has 3 heterocycles. The van der Waals surface area contributed by atoms with Gasteiger partial charge in [0.2, 0.25) is 0 Å². The smallest absolute Gasteiger partial charge is 0.352 e. The van der Waals surface area contributed by atoms with Crippen molar-refractivity contribution in [2.24, 2.45) is 0 Å². The summed E-state index contributed by atoms with van der Waals surface area (Å²) in [4.78, 5) is 15.6. The molecule has 96 valence electrons. The fourth-order valence-corrected chi connectivity index (χ4v) is 1.99. The first-order valence-electron chi connectivity index (χ1n) is 5.93. The highest BCUT2D eigenvalue weighted by atomic mass is 16.4. The van der Waals surface area contributed by atoms with E-state index in [0.29, 0.717) is 11.3 Å². The Kier molecular flexibility index (Phi) is 2.56. The van der Waals surface area contributed by atoms with E-state index < -0.39 is 5.97 Å². The van der Waals surface area contributed by atoms with Crippen LogP contribution in [-0.2, 0) is 6.54 Å². The van der Waals surface area contributed by atoms with E-state index in [4.69, 9.17) is 5.11 Å². The second-order valence-corrected chi connectivity index (χ2v) is 4.16. The third kappa shape index (κ3) is 1.87. The second kappa shape index (κ2) is 4.24. The van der Waals surface area contributed by atoms with E-state index in [1.54, 1.807) is 39.7 Å². The molecule has 0 aliphatic heterocycles. The van der Waals surface area contributed by atoms with Crippen LogP contribution >= 0.6 is 0 Å². The minimum absolute atomic E-state index is 0.194.